The molecule has 1 heterocycles. The first-order valence-electron chi connectivity index (χ1n) is 4.14. The maximum atomic E-state index is 10.7. The van der Waals surface area contributed by atoms with Gasteiger partial charge in [0.15, 0.2) is 0 Å². The summed E-state index contributed by atoms with van der Waals surface area (Å²) in [4.78, 5) is 21.1. The van der Waals surface area contributed by atoms with Crippen molar-refractivity contribution in [2.24, 2.45) is 11.8 Å². The molecule has 72 valence electrons. The third kappa shape index (κ3) is 2.31. The van der Waals surface area contributed by atoms with Crippen LogP contribution in [0.2, 0.25) is 0 Å². The lowest BCUT2D eigenvalue weighted by Crippen LogP contribution is -2.31. The zero-order valence-electron chi connectivity index (χ0n) is 7.34. The number of aldehydes is 1. The highest BCUT2D eigenvalue weighted by molar-refractivity contribution is 5.68. The van der Waals surface area contributed by atoms with Crippen LogP contribution in [0.3, 0.4) is 0 Å². The molecule has 4 heteroatoms. The summed E-state index contributed by atoms with van der Waals surface area (Å²) in [6, 6.07) is 0. The van der Waals surface area contributed by atoms with Crippen LogP contribution < -0.4 is 0 Å². The van der Waals surface area contributed by atoms with Crippen molar-refractivity contribution in [1.29, 1.82) is 0 Å². The number of ether oxygens (including phenoxy) is 1. The van der Waals surface area contributed by atoms with E-state index in [1.165, 1.54) is 6.26 Å². The van der Waals surface area contributed by atoms with Gasteiger partial charge in [-0.3, -0.25) is 4.79 Å². The average Bonchev–Trinajstić information content (AvgIpc) is 2.03. The van der Waals surface area contributed by atoms with E-state index in [1.807, 2.05) is 0 Å². The van der Waals surface area contributed by atoms with E-state index < -0.39 is 5.97 Å². The maximum Gasteiger partial charge on any atom is 0.303 e. The number of rotatable bonds is 3. The van der Waals surface area contributed by atoms with Crippen LogP contribution in [0, 0.1) is 11.8 Å². The van der Waals surface area contributed by atoms with Crippen molar-refractivity contribution in [3.05, 3.63) is 12.3 Å². The number of carboxylic acid groups (broad SMARTS) is 1. The van der Waals surface area contributed by atoms with Gasteiger partial charge in [-0.1, -0.05) is 0 Å². The molecule has 1 aliphatic heterocycles. The maximum absolute atomic E-state index is 10.7. The summed E-state index contributed by atoms with van der Waals surface area (Å²) in [5.74, 6) is -1.48. The van der Waals surface area contributed by atoms with E-state index in [2.05, 4.69) is 0 Å². The largest absolute Gasteiger partial charge is 0.498 e. The van der Waals surface area contributed by atoms with Gasteiger partial charge >= 0.3 is 5.97 Å². The zero-order valence-corrected chi connectivity index (χ0v) is 7.34. The number of aliphatic carboxylic acids is 1. The number of carbonyl (C=O) groups excluding carboxylic acids is 1. The second kappa shape index (κ2) is 4.07. The van der Waals surface area contributed by atoms with Crippen LogP contribution in [-0.2, 0) is 14.3 Å². The Kier molecular flexibility index (Phi) is 3.06. The van der Waals surface area contributed by atoms with Gasteiger partial charge in [0.05, 0.1) is 18.6 Å². The smallest absolute Gasteiger partial charge is 0.303 e. The molecule has 1 rings (SSSR count). The molecule has 0 saturated heterocycles. The molecule has 0 saturated carbocycles. The summed E-state index contributed by atoms with van der Waals surface area (Å²) in [6.07, 6.45) is 3.62. The first-order valence-corrected chi connectivity index (χ1v) is 4.14. The molecule has 3 atom stereocenters. The molecule has 0 unspecified atom stereocenters. The zero-order chi connectivity index (χ0) is 9.84. The van der Waals surface area contributed by atoms with Crippen LogP contribution in [0.5, 0.6) is 0 Å². The number of hydrogen-bond donors (Lipinski definition) is 1. The summed E-state index contributed by atoms with van der Waals surface area (Å²) in [6.45, 7) is 1.76. The fourth-order valence-electron chi connectivity index (χ4n) is 1.45. The molecule has 0 fully saturated rings. The second-order valence-electron chi connectivity index (χ2n) is 3.14. The Morgan fingerprint density at radius 1 is 1.69 bits per heavy atom. The third-order valence-corrected chi connectivity index (χ3v) is 2.22. The molecule has 0 bridgehead atoms. The van der Waals surface area contributed by atoms with Crippen LogP contribution in [0.4, 0.5) is 0 Å². The first-order chi connectivity index (χ1) is 6.15. The number of hydrogen-bond acceptors (Lipinski definition) is 3. The molecule has 0 aliphatic carbocycles. The van der Waals surface area contributed by atoms with Crippen LogP contribution in [0.1, 0.15) is 13.3 Å². The van der Waals surface area contributed by atoms with E-state index in [0.29, 0.717) is 0 Å². The van der Waals surface area contributed by atoms with Crippen LogP contribution in [0.25, 0.3) is 0 Å². The Balaban J connectivity index is 2.69. The van der Waals surface area contributed by atoms with Crippen LogP contribution in [-0.4, -0.2) is 23.5 Å². The summed E-state index contributed by atoms with van der Waals surface area (Å²) in [5.41, 5.74) is 0. The standard InChI is InChI=1S/C9H12O4/c1-6-8(5-10)7(2-3-13-6)4-9(11)12/h2-3,5-8H,4H2,1H3,(H,11,12)/t6-,7+,8+/m0/s1. The lowest BCUT2D eigenvalue weighted by Gasteiger charge is -2.27. The van der Waals surface area contributed by atoms with Crippen LogP contribution in [0.15, 0.2) is 12.3 Å². The number of carboxylic acids is 1. The van der Waals surface area contributed by atoms with E-state index >= 15 is 0 Å². The topological polar surface area (TPSA) is 63.6 Å². The fraction of sp³-hybridized carbons (Fsp3) is 0.556. The highest BCUT2D eigenvalue weighted by Crippen LogP contribution is 2.25. The Hall–Kier alpha value is -1.32. The highest BCUT2D eigenvalue weighted by Gasteiger charge is 2.30. The van der Waals surface area contributed by atoms with Crippen molar-refractivity contribution in [1.82, 2.24) is 0 Å². The molecule has 0 aromatic rings. The molecule has 0 aromatic heterocycles. The van der Waals surface area contributed by atoms with E-state index in [-0.39, 0.29) is 24.4 Å². The van der Waals surface area contributed by atoms with Crippen molar-refractivity contribution in [2.75, 3.05) is 0 Å². The van der Waals surface area contributed by atoms with Gasteiger partial charge in [0.2, 0.25) is 0 Å². The van der Waals surface area contributed by atoms with Gasteiger partial charge in [0.25, 0.3) is 0 Å². The predicted octanol–water partition coefficient (Wildman–Crippen LogP) is 0.825. The summed E-state index contributed by atoms with van der Waals surface area (Å²) < 4.78 is 5.09. The minimum atomic E-state index is -0.893. The molecule has 0 amide bonds. The summed E-state index contributed by atoms with van der Waals surface area (Å²) >= 11 is 0. The quantitative estimate of drug-likeness (QED) is 0.659. The lowest BCUT2D eigenvalue weighted by atomic mass is 9.85. The van der Waals surface area contributed by atoms with Gasteiger partial charge < -0.3 is 14.6 Å². The highest BCUT2D eigenvalue weighted by atomic mass is 16.5. The molecule has 0 radical (unpaired) electrons. The predicted molar refractivity (Wildman–Crippen MR) is 45.0 cm³/mol. The van der Waals surface area contributed by atoms with Crippen LogP contribution >= 0.6 is 0 Å². The minimum absolute atomic E-state index is 0.0202. The number of allylic oxidation sites excluding steroid dienone is 1. The summed E-state index contributed by atoms with van der Waals surface area (Å²) in [5, 5.41) is 8.57. The molecule has 0 aromatic carbocycles. The van der Waals surface area contributed by atoms with Gasteiger partial charge in [-0.25, -0.2) is 0 Å². The van der Waals surface area contributed by atoms with Crippen molar-refractivity contribution < 1.29 is 19.4 Å². The molecule has 4 nitrogen and oxygen atoms in total. The molecule has 1 aliphatic rings. The number of carbonyl (C=O) groups is 2. The fourth-order valence-corrected chi connectivity index (χ4v) is 1.45. The molecule has 0 spiro atoms. The average molecular weight is 184 g/mol. The van der Waals surface area contributed by atoms with E-state index in [1.54, 1.807) is 13.0 Å². The van der Waals surface area contributed by atoms with Gasteiger partial charge in [0.1, 0.15) is 12.4 Å². The van der Waals surface area contributed by atoms with Crippen molar-refractivity contribution in [3.63, 3.8) is 0 Å². The van der Waals surface area contributed by atoms with Gasteiger partial charge in [-0.05, 0) is 13.0 Å². The van der Waals surface area contributed by atoms with Gasteiger partial charge in [-0.15, -0.1) is 0 Å². The van der Waals surface area contributed by atoms with Gasteiger partial charge in [0, 0.05) is 5.92 Å². The lowest BCUT2D eigenvalue weighted by molar-refractivity contribution is -0.138. The van der Waals surface area contributed by atoms with E-state index in [9.17, 15) is 9.59 Å². The second-order valence-corrected chi connectivity index (χ2v) is 3.14. The Morgan fingerprint density at radius 3 is 2.92 bits per heavy atom. The molecular weight excluding hydrogens is 172 g/mol. The van der Waals surface area contributed by atoms with E-state index in [0.717, 1.165) is 6.29 Å². The molecule has 1 N–H and O–H groups in total. The minimum Gasteiger partial charge on any atom is -0.498 e. The monoisotopic (exact) mass is 184 g/mol. The molecule has 13 heavy (non-hydrogen) atoms. The van der Waals surface area contributed by atoms with Crippen molar-refractivity contribution in [2.45, 2.75) is 19.4 Å². The van der Waals surface area contributed by atoms with Gasteiger partial charge in [-0.2, -0.15) is 0 Å². The van der Waals surface area contributed by atoms with Crippen molar-refractivity contribution >= 4 is 12.3 Å². The Bertz CT molecular complexity index is 234. The first kappa shape index (κ1) is 9.77. The summed E-state index contributed by atoms with van der Waals surface area (Å²) in [7, 11) is 0. The molecular formula is C9H12O4. The SMILES string of the molecule is C[C@@H]1OC=C[C@H](CC(=O)O)[C@@H]1C=O. The Labute approximate surface area is 76.2 Å². The third-order valence-electron chi connectivity index (χ3n) is 2.22. The van der Waals surface area contributed by atoms with E-state index in [4.69, 9.17) is 9.84 Å². The Morgan fingerprint density at radius 2 is 2.38 bits per heavy atom. The normalized spacial score (nSPS) is 32.2. The van der Waals surface area contributed by atoms with Crippen molar-refractivity contribution in [3.8, 4) is 0 Å².